The first-order valence-corrected chi connectivity index (χ1v) is 7.14. The molecule has 1 heterocycles. The zero-order valence-electron chi connectivity index (χ0n) is 11.8. The van der Waals surface area contributed by atoms with Crippen LogP contribution in [0.3, 0.4) is 0 Å². The van der Waals surface area contributed by atoms with Gasteiger partial charge in [0.25, 0.3) is 5.56 Å². The number of hydrogen-bond donors (Lipinski definition) is 1. The van der Waals surface area contributed by atoms with Gasteiger partial charge in [-0.15, -0.1) is 0 Å². The molecule has 0 bridgehead atoms. The average molecular weight is 304 g/mol. The van der Waals surface area contributed by atoms with Crippen LogP contribution >= 0.6 is 11.8 Å². The van der Waals surface area contributed by atoms with Crippen LogP contribution in [-0.2, 0) is 16.1 Å². The number of nitrogens with zero attached hydrogens (tertiary/aromatic N) is 1. The highest BCUT2D eigenvalue weighted by Crippen LogP contribution is 2.30. The Balaban J connectivity index is 2.38. The molecule has 0 aliphatic rings. The molecule has 2 rings (SSSR count). The van der Waals surface area contributed by atoms with Gasteiger partial charge >= 0.3 is 5.97 Å². The van der Waals surface area contributed by atoms with Gasteiger partial charge in [0.1, 0.15) is 12.2 Å². The second-order valence-electron chi connectivity index (χ2n) is 4.45. The molecule has 0 saturated heterocycles. The monoisotopic (exact) mass is 304 g/mol. The van der Waals surface area contributed by atoms with Crippen LogP contribution in [0.15, 0.2) is 51.0 Å². The number of methoxy groups -OCH3 is 1. The molecule has 0 unspecified atom stereocenters. The lowest BCUT2D eigenvalue weighted by Crippen LogP contribution is -2.29. The van der Waals surface area contributed by atoms with E-state index in [1.807, 2.05) is 30.3 Å². The van der Waals surface area contributed by atoms with Crippen LogP contribution in [0.25, 0.3) is 0 Å². The van der Waals surface area contributed by atoms with Crippen LogP contribution in [-0.4, -0.2) is 17.6 Å². The molecular weight excluding hydrogens is 288 g/mol. The molecule has 0 saturated carbocycles. The topological polar surface area (TPSA) is 74.3 Å². The first-order valence-electron chi connectivity index (χ1n) is 6.32. The van der Waals surface area contributed by atoms with E-state index >= 15 is 0 Å². The summed E-state index contributed by atoms with van der Waals surface area (Å²) in [7, 11) is 1.28. The van der Waals surface area contributed by atoms with Gasteiger partial charge in [0, 0.05) is 15.5 Å². The SMILES string of the molecule is COC(=O)Cn1c(C)cc(Sc2ccccc2)c(N)c1=O. The molecule has 5 nitrogen and oxygen atoms in total. The normalized spacial score (nSPS) is 10.4. The largest absolute Gasteiger partial charge is 0.468 e. The standard InChI is InChI=1S/C15H16N2O3S/c1-10-8-12(21-11-6-4-3-5-7-11)14(16)15(19)17(10)9-13(18)20-2/h3-8H,9,16H2,1-2H3. The zero-order valence-corrected chi connectivity index (χ0v) is 12.6. The van der Waals surface area contributed by atoms with Gasteiger partial charge in [-0.05, 0) is 25.1 Å². The zero-order chi connectivity index (χ0) is 15.4. The van der Waals surface area contributed by atoms with E-state index in [9.17, 15) is 9.59 Å². The van der Waals surface area contributed by atoms with E-state index in [2.05, 4.69) is 4.74 Å². The number of carbonyl (C=O) groups is 1. The number of carbonyl (C=O) groups excluding carboxylic acids is 1. The minimum atomic E-state index is -0.483. The second-order valence-corrected chi connectivity index (χ2v) is 5.56. The fraction of sp³-hybridized carbons (Fsp3) is 0.200. The molecule has 2 aromatic rings. The van der Waals surface area contributed by atoms with Gasteiger partial charge in [-0.3, -0.25) is 14.2 Å². The molecular formula is C15H16N2O3S. The second kappa shape index (κ2) is 6.49. The molecule has 2 N–H and O–H groups in total. The summed E-state index contributed by atoms with van der Waals surface area (Å²) >= 11 is 1.42. The van der Waals surface area contributed by atoms with Crippen molar-refractivity contribution in [3.63, 3.8) is 0 Å². The van der Waals surface area contributed by atoms with Crippen LogP contribution in [0.1, 0.15) is 5.69 Å². The molecule has 6 heteroatoms. The third-order valence-corrected chi connectivity index (χ3v) is 4.06. The quantitative estimate of drug-likeness (QED) is 0.875. The van der Waals surface area contributed by atoms with Crippen molar-refractivity contribution in [3.05, 3.63) is 52.4 Å². The first kappa shape index (κ1) is 15.2. The lowest BCUT2D eigenvalue weighted by atomic mass is 10.3. The number of aryl methyl sites for hydroxylation is 1. The minimum Gasteiger partial charge on any atom is -0.468 e. The fourth-order valence-electron chi connectivity index (χ4n) is 1.85. The lowest BCUT2D eigenvalue weighted by Gasteiger charge is -2.13. The van der Waals surface area contributed by atoms with E-state index in [1.165, 1.54) is 23.4 Å². The number of rotatable bonds is 4. The van der Waals surface area contributed by atoms with Gasteiger partial charge in [-0.25, -0.2) is 0 Å². The molecule has 0 fully saturated rings. The third-order valence-electron chi connectivity index (χ3n) is 2.99. The van der Waals surface area contributed by atoms with E-state index in [4.69, 9.17) is 5.73 Å². The van der Waals surface area contributed by atoms with E-state index in [-0.39, 0.29) is 17.8 Å². The number of ether oxygens (including phenoxy) is 1. The maximum absolute atomic E-state index is 12.3. The Morgan fingerprint density at radius 3 is 2.62 bits per heavy atom. The van der Waals surface area contributed by atoms with Crippen LogP contribution in [0.4, 0.5) is 5.69 Å². The molecule has 0 aliphatic carbocycles. The van der Waals surface area contributed by atoms with Gasteiger partial charge in [-0.1, -0.05) is 30.0 Å². The summed E-state index contributed by atoms with van der Waals surface area (Å²) in [5, 5.41) is 0. The third kappa shape index (κ3) is 3.46. The number of esters is 1. The highest BCUT2D eigenvalue weighted by molar-refractivity contribution is 7.99. The number of nitrogens with two attached hydrogens (primary N) is 1. The Labute approximate surface area is 126 Å². The summed E-state index contributed by atoms with van der Waals surface area (Å²) < 4.78 is 5.90. The maximum Gasteiger partial charge on any atom is 0.325 e. The van der Waals surface area contributed by atoms with E-state index in [1.54, 1.807) is 13.0 Å². The highest BCUT2D eigenvalue weighted by Gasteiger charge is 2.14. The fourth-order valence-corrected chi connectivity index (χ4v) is 2.82. The number of hydrogen-bond acceptors (Lipinski definition) is 5. The van der Waals surface area contributed by atoms with Crippen molar-refractivity contribution in [2.24, 2.45) is 0 Å². The smallest absolute Gasteiger partial charge is 0.325 e. The van der Waals surface area contributed by atoms with Crippen molar-refractivity contribution in [1.82, 2.24) is 4.57 Å². The molecule has 21 heavy (non-hydrogen) atoms. The summed E-state index contributed by atoms with van der Waals surface area (Å²) in [5.74, 6) is -0.483. The summed E-state index contributed by atoms with van der Waals surface area (Å²) in [6.45, 7) is 1.63. The Bertz CT molecular complexity index is 711. The van der Waals surface area contributed by atoms with Crippen LogP contribution in [0.5, 0.6) is 0 Å². The van der Waals surface area contributed by atoms with Crippen molar-refractivity contribution in [3.8, 4) is 0 Å². The molecule has 1 aromatic heterocycles. The molecule has 0 radical (unpaired) electrons. The minimum absolute atomic E-state index is 0.137. The van der Waals surface area contributed by atoms with Crippen molar-refractivity contribution in [2.75, 3.05) is 12.8 Å². The Morgan fingerprint density at radius 2 is 2.00 bits per heavy atom. The molecule has 1 aromatic carbocycles. The number of anilines is 1. The molecule has 0 spiro atoms. The summed E-state index contributed by atoms with van der Waals surface area (Å²) in [5.41, 5.74) is 6.34. The van der Waals surface area contributed by atoms with E-state index in [0.29, 0.717) is 10.6 Å². The lowest BCUT2D eigenvalue weighted by molar-refractivity contribution is -0.141. The molecule has 0 amide bonds. The summed E-state index contributed by atoms with van der Waals surface area (Å²) in [4.78, 5) is 25.3. The van der Waals surface area contributed by atoms with Gasteiger partial charge in [0.05, 0.1) is 7.11 Å². The highest BCUT2D eigenvalue weighted by atomic mass is 32.2. The molecule has 0 atom stereocenters. The predicted molar refractivity (Wildman–Crippen MR) is 82.4 cm³/mol. The van der Waals surface area contributed by atoms with Crippen molar-refractivity contribution in [1.29, 1.82) is 0 Å². The predicted octanol–water partition coefficient (Wildman–Crippen LogP) is 2.06. The van der Waals surface area contributed by atoms with E-state index < -0.39 is 5.97 Å². The number of nitrogen functional groups attached to an aromatic ring is 1. The van der Waals surface area contributed by atoms with Gasteiger partial charge in [0.2, 0.25) is 0 Å². The van der Waals surface area contributed by atoms with Crippen molar-refractivity contribution in [2.45, 2.75) is 23.3 Å². The van der Waals surface area contributed by atoms with Gasteiger partial charge in [-0.2, -0.15) is 0 Å². The van der Waals surface area contributed by atoms with Gasteiger partial charge in [0.15, 0.2) is 0 Å². The molecule has 0 aliphatic heterocycles. The Kier molecular flexibility index (Phi) is 4.70. The van der Waals surface area contributed by atoms with E-state index in [0.717, 1.165) is 4.90 Å². The maximum atomic E-state index is 12.3. The number of pyridine rings is 1. The Morgan fingerprint density at radius 1 is 1.33 bits per heavy atom. The van der Waals surface area contributed by atoms with Crippen LogP contribution in [0, 0.1) is 6.92 Å². The van der Waals surface area contributed by atoms with Crippen LogP contribution < -0.4 is 11.3 Å². The van der Waals surface area contributed by atoms with Crippen molar-refractivity contribution >= 4 is 23.4 Å². The van der Waals surface area contributed by atoms with Crippen LogP contribution in [0.2, 0.25) is 0 Å². The average Bonchev–Trinajstić information content (AvgIpc) is 2.49. The summed E-state index contributed by atoms with van der Waals surface area (Å²) in [6.07, 6.45) is 0. The Hall–Kier alpha value is -2.21. The summed E-state index contributed by atoms with van der Waals surface area (Å²) in [6, 6.07) is 11.5. The first-order chi connectivity index (χ1) is 10.0. The van der Waals surface area contributed by atoms with Gasteiger partial charge < -0.3 is 10.5 Å². The van der Waals surface area contributed by atoms with Crippen molar-refractivity contribution < 1.29 is 9.53 Å². The molecule has 110 valence electrons. The number of aromatic nitrogens is 1. The number of benzene rings is 1.